The quantitative estimate of drug-likeness (QED) is 0.282. The molecule has 0 aromatic heterocycles. The van der Waals surface area contributed by atoms with E-state index in [-0.39, 0.29) is 11.3 Å². The Balaban J connectivity index is 2.25. The maximum atomic E-state index is 11.0. The number of aromatic carboxylic acids is 1. The SMILES string of the molecule is CCCCCCCCCCCCc1ccc(C(=O)O)c([N+](=O)[O-])c1. The van der Waals surface area contributed by atoms with E-state index in [2.05, 4.69) is 6.92 Å². The number of unbranched alkanes of at least 4 members (excludes halogenated alkanes) is 9. The van der Waals surface area contributed by atoms with Crippen molar-refractivity contribution in [2.75, 3.05) is 0 Å². The molecule has 0 fully saturated rings. The summed E-state index contributed by atoms with van der Waals surface area (Å²) in [7, 11) is 0. The molecule has 0 atom stereocenters. The highest BCUT2D eigenvalue weighted by Crippen LogP contribution is 2.22. The van der Waals surface area contributed by atoms with E-state index >= 15 is 0 Å². The summed E-state index contributed by atoms with van der Waals surface area (Å²) in [4.78, 5) is 21.3. The number of hydrogen-bond acceptors (Lipinski definition) is 3. The summed E-state index contributed by atoms with van der Waals surface area (Å²) >= 11 is 0. The summed E-state index contributed by atoms with van der Waals surface area (Å²) in [6.45, 7) is 2.23. The van der Waals surface area contributed by atoms with Crippen molar-refractivity contribution in [2.24, 2.45) is 0 Å². The highest BCUT2D eigenvalue weighted by atomic mass is 16.6. The second-order valence-corrected chi connectivity index (χ2v) is 6.35. The number of rotatable bonds is 13. The van der Waals surface area contributed by atoms with Crippen LogP contribution in [0.3, 0.4) is 0 Å². The van der Waals surface area contributed by atoms with Gasteiger partial charge >= 0.3 is 5.97 Å². The molecule has 0 bridgehead atoms. The lowest BCUT2D eigenvalue weighted by Crippen LogP contribution is -2.03. The molecular formula is C19H29NO4. The minimum Gasteiger partial charge on any atom is -0.477 e. The molecule has 5 heteroatoms. The van der Waals surface area contributed by atoms with Crippen LogP contribution in [-0.4, -0.2) is 16.0 Å². The second-order valence-electron chi connectivity index (χ2n) is 6.35. The third-order valence-electron chi connectivity index (χ3n) is 4.31. The molecule has 0 unspecified atom stereocenters. The van der Waals surface area contributed by atoms with Crippen LogP contribution in [-0.2, 0) is 6.42 Å². The van der Waals surface area contributed by atoms with Crippen molar-refractivity contribution in [1.82, 2.24) is 0 Å². The number of nitro groups is 1. The number of nitro benzene ring substituents is 1. The molecule has 5 nitrogen and oxygen atoms in total. The normalized spacial score (nSPS) is 10.7. The van der Waals surface area contributed by atoms with Gasteiger partial charge in [-0.1, -0.05) is 70.8 Å². The van der Waals surface area contributed by atoms with Gasteiger partial charge in [0.2, 0.25) is 0 Å². The zero-order valence-corrected chi connectivity index (χ0v) is 14.6. The van der Waals surface area contributed by atoms with Crippen LogP contribution in [0, 0.1) is 10.1 Å². The van der Waals surface area contributed by atoms with E-state index in [1.165, 1.54) is 63.5 Å². The Kier molecular flexibility index (Phi) is 9.73. The Morgan fingerprint density at radius 1 is 1.00 bits per heavy atom. The zero-order chi connectivity index (χ0) is 17.8. The van der Waals surface area contributed by atoms with Crippen LogP contribution in [0.2, 0.25) is 0 Å². The summed E-state index contributed by atoms with van der Waals surface area (Å²) in [6.07, 6.45) is 13.2. The monoisotopic (exact) mass is 335 g/mol. The van der Waals surface area contributed by atoms with Crippen LogP contribution in [0.25, 0.3) is 0 Å². The van der Waals surface area contributed by atoms with Crippen LogP contribution in [0.5, 0.6) is 0 Å². The number of carboxylic acid groups (broad SMARTS) is 1. The Morgan fingerprint density at radius 3 is 2.04 bits per heavy atom. The van der Waals surface area contributed by atoms with Gasteiger partial charge in [-0.05, 0) is 24.5 Å². The molecule has 0 aliphatic heterocycles. The second kappa shape index (κ2) is 11.6. The van der Waals surface area contributed by atoms with E-state index in [1.54, 1.807) is 6.07 Å². The van der Waals surface area contributed by atoms with Gasteiger partial charge < -0.3 is 5.11 Å². The highest BCUT2D eigenvalue weighted by Gasteiger charge is 2.19. The summed E-state index contributed by atoms with van der Waals surface area (Å²) in [5, 5.41) is 19.9. The van der Waals surface area contributed by atoms with Gasteiger partial charge in [-0.2, -0.15) is 0 Å². The molecule has 0 heterocycles. The highest BCUT2D eigenvalue weighted by molar-refractivity contribution is 5.92. The summed E-state index contributed by atoms with van der Waals surface area (Å²) in [6, 6.07) is 4.42. The van der Waals surface area contributed by atoms with Gasteiger partial charge in [0.15, 0.2) is 0 Å². The first-order chi connectivity index (χ1) is 11.6. The van der Waals surface area contributed by atoms with Crippen molar-refractivity contribution in [3.05, 3.63) is 39.4 Å². The van der Waals surface area contributed by atoms with Crippen LogP contribution in [0.15, 0.2) is 18.2 Å². The van der Waals surface area contributed by atoms with E-state index in [4.69, 9.17) is 5.11 Å². The van der Waals surface area contributed by atoms with Gasteiger partial charge in [-0.15, -0.1) is 0 Å². The zero-order valence-electron chi connectivity index (χ0n) is 14.6. The minimum absolute atomic E-state index is 0.244. The predicted octanol–water partition coefficient (Wildman–Crippen LogP) is 5.76. The van der Waals surface area contributed by atoms with Gasteiger partial charge in [0.05, 0.1) is 4.92 Å². The summed E-state index contributed by atoms with van der Waals surface area (Å²) in [5.41, 5.74) is 0.283. The van der Waals surface area contributed by atoms with Crippen molar-refractivity contribution < 1.29 is 14.8 Å². The van der Waals surface area contributed by atoms with Crippen LogP contribution >= 0.6 is 0 Å². The lowest BCUT2D eigenvalue weighted by molar-refractivity contribution is -0.385. The molecule has 1 aromatic carbocycles. The van der Waals surface area contributed by atoms with Crippen molar-refractivity contribution in [3.63, 3.8) is 0 Å². The minimum atomic E-state index is -1.26. The lowest BCUT2D eigenvalue weighted by Gasteiger charge is -2.04. The van der Waals surface area contributed by atoms with E-state index in [0.717, 1.165) is 24.8 Å². The maximum Gasteiger partial charge on any atom is 0.342 e. The number of aryl methyl sites for hydroxylation is 1. The number of carbonyl (C=O) groups is 1. The number of benzene rings is 1. The largest absolute Gasteiger partial charge is 0.477 e. The Morgan fingerprint density at radius 2 is 1.54 bits per heavy atom. The Labute approximate surface area is 144 Å². The molecule has 0 saturated carbocycles. The number of hydrogen-bond donors (Lipinski definition) is 1. The number of carboxylic acids is 1. The standard InChI is InChI=1S/C19H29NO4/c1-2-3-4-5-6-7-8-9-10-11-12-16-13-14-17(19(21)22)18(15-16)20(23)24/h13-15H,2-12H2,1H3,(H,21,22). The fourth-order valence-corrected chi connectivity index (χ4v) is 2.88. The van der Waals surface area contributed by atoms with Gasteiger partial charge in [-0.3, -0.25) is 10.1 Å². The van der Waals surface area contributed by atoms with Crippen molar-refractivity contribution >= 4 is 11.7 Å². The Hall–Kier alpha value is -1.91. The van der Waals surface area contributed by atoms with E-state index in [0.29, 0.717) is 0 Å². The smallest absolute Gasteiger partial charge is 0.342 e. The van der Waals surface area contributed by atoms with Crippen LogP contribution < -0.4 is 0 Å². The first-order valence-corrected chi connectivity index (χ1v) is 9.07. The van der Waals surface area contributed by atoms with Crippen molar-refractivity contribution in [2.45, 2.75) is 77.6 Å². The summed E-state index contributed by atoms with van der Waals surface area (Å²) < 4.78 is 0. The topological polar surface area (TPSA) is 80.4 Å². The van der Waals surface area contributed by atoms with Crippen molar-refractivity contribution in [3.8, 4) is 0 Å². The van der Waals surface area contributed by atoms with Crippen molar-refractivity contribution in [1.29, 1.82) is 0 Å². The molecule has 1 N–H and O–H groups in total. The van der Waals surface area contributed by atoms with E-state index in [9.17, 15) is 14.9 Å². The summed E-state index contributed by atoms with van der Waals surface area (Å²) in [5.74, 6) is -1.26. The fourth-order valence-electron chi connectivity index (χ4n) is 2.88. The molecule has 0 amide bonds. The molecule has 1 rings (SSSR count). The first kappa shape index (κ1) is 20.1. The third-order valence-corrected chi connectivity index (χ3v) is 4.31. The van der Waals surface area contributed by atoms with Gasteiger partial charge in [-0.25, -0.2) is 4.79 Å². The number of nitrogens with zero attached hydrogens (tertiary/aromatic N) is 1. The maximum absolute atomic E-state index is 11.0. The van der Waals surface area contributed by atoms with Gasteiger partial charge in [0, 0.05) is 6.07 Å². The molecule has 0 saturated heterocycles. The lowest BCUT2D eigenvalue weighted by atomic mass is 10.0. The molecule has 0 aliphatic carbocycles. The molecule has 0 radical (unpaired) electrons. The van der Waals surface area contributed by atoms with E-state index < -0.39 is 10.9 Å². The molecule has 0 aliphatic rings. The molecule has 24 heavy (non-hydrogen) atoms. The predicted molar refractivity (Wildman–Crippen MR) is 95.6 cm³/mol. The fraction of sp³-hybridized carbons (Fsp3) is 0.632. The average molecular weight is 335 g/mol. The molecule has 134 valence electrons. The van der Waals surface area contributed by atoms with Gasteiger partial charge in [0.25, 0.3) is 5.69 Å². The van der Waals surface area contributed by atoms with Gasteiger partial charge in [0.1, 0.15) is 5.56 Å². The molecule has 1 aromatic rings. The molecule has 0 spiro atoms. The Bertz CT molecular complexity index is 528. The van der Waals surface area contributed by atoms with E-state index in [1.807, 2.05) is 0 Å². The van der Waals surface area contributed by atoms with Crippen LogP contribution in [0.4, 0.5) is 5.69 Å². The first-order valence-electron chi connectivity index (χ1n) is 9.07. The third kappa shape index (κ3) is 7.57. The average Bonchev–Trinajstić information content (AvgIpc) is 2.56. The van der Waals surface area contributed by atoms with Crippen LogP contribution in [0.1, 0.15) is 87.1 Å². The molecular weight excluding hydrogens is 306 g/mol.